The van der Waals surface area contributed by atoms with Crippen molar-refractivity contribution in [1.29, 1.82) is 0 Å². The van der Waals surface area contributed by atoms with E-state index in [1.807, 2.05) is 12.1 Å². The molecule has 5 nitrogen and oxygen atoms in total. The Morgan fingerprint density at radius 1 is 1.30 bits per heavy atom. The molecule has 1 aromatic carbocycles. The summed E-state index contributed by atoms with van der Waals surface area (Å²) in [6.07, 6.45) is 4.13. The highest BCUT2D eigenvalue weighted by Gasteiger charge is 2.13. The van der Waals surface area contributed by atoms with Gasteiger partial charge >= 0.3 is 0 Å². The fraction of sp³-hybridized carbons (Fsp3) is 0.529. The lowest BCUT2D eigenvalue weighted by atomic mass is 10.1. The number of ether oxygens (including phenoxy) is 1. The van der Waals surface area contributed by atoms with Gasteiger partial charge in [-0.05, 0) is 67.5 Å². The SMILES string of the molecule is CC1=CN(CCc2ccc(OCCCN(C)C)c(Br)c2)NN1C. The van der Waals surface area contributed by atoms with E-state index in [2.05, 4.69) is 76.8 Å². The summed E-state index contributed by atoms with van der Waals surface area (Å²) in [5, 5.41) is 4.12. The predicted octanol–water partition coefficient (Wildman–Crippen LogP) is 2.85. The van der Waals surface area contributed by atoms with Gasteiger partial charge in [-0.3, -0.25) is 10.0 Å². The minimum atomic E-state index is 0.740. The van der Waals surface area contributed by atoms with Crippen LogP contribution < -0.4 is 10.3 Å². The smallest absolute Gasteiger partial charge is 0.133 e. The zero-order valence-corrected chi connectivity index (χ0v) is 16.1. The largest absolute Gasteiger partial charge is 0.492 e. The molecule has 0 spiro atoms. The Morgan fingerprint density at radius 3 is 2.70 bits per heavy atom. The summed E-state index contributed by atoms with van der Waals surface area (Å²) in [6, 6.07) is 6.35. The highest BCUT2D eigenvalue weighted by Crippen LogP contribution is 2.26. The van der Waals surface area contributed by atoms with Gasteiger partial charge in [-0.15, -0.1) is 5.53 Å². The first-order valence-electron chi connectivity index (χ1n) is 7.97. The average Bonchev–Trinajstić information content (AvgIpc) is 2.81. The van der Waals surface area contributed by atoms with Crippen LogP contribution in [0, 0.1) is 0 Å². The first kappa shape index (κ1) is 18.1. The number of halogens is 1. The minimum absolute atomic E-state index is 0.740. The van der Waals surface area contributed by atoms with Crippen LogP contribution in [0.4, 0.5) is 0 Å². The molecule has 0 fully saturated rings. The van der Waals surface area contributed by atoms with E-state index in [0.717, 1.165) is 42.8 Å². The van der Waals surface area contributed by atoms with E-state index in [9.17, 15) is 0 Å². The van der Waals surface area contributed by atoms with Crippen LogP contribution in [-0.4, -0.2) is 55.8 Å². The zero-order valence-electron chi connectivity index (χ0n) is 14.5. The minimum Gasteiger partial charge on any atom is -0.492 e. The summed E-state index contributed by atoms with van der Waals surface area (Å²) >= 11 is 3.62. The Labute approximate surface area is 148 Å². The monoisotopic (exact) mass is 382 g/mol. The fourth-order valence-electron chi connectivity index (χ4n) is 2.36. The number of nitrogens with one attached hydrogen (secondary N) is 1. The fourth-order valence-corrected chi connectivity index (χ4v) is 2.90. The Kier molecular flexibility index (Phi) is 6.74. The molecule has 0 saturated carbocycles. The van der Waals surface area contributed by atoms with Crippen molar-refractivity contribution in [3.05, 3.63) is 40.1 Å². The predicted molar refractivity (Wildman–Crippen MR) is 97.9 cm³/mol. The molecule has 0 radical (unpaired) electrons. The van der Waals surface area contributed by atoms with Crippen molar-refractivity contribution in [2.45, 2.75) is 19.8 Å². The number of benzene rings is 1. The normalized spacial score (nSPS) is 14.6. The van der Waals surface area contributed by atoms with Gasteiger partial charge in [0.2, 0.25) is 0 Å². The highest BCUT2D eigenvalue weighted by molar-refractivity contribution is 9.10. The molecule has 1 aromatic rings. The molecule has 0 aliphatic carbocycles. The number of rotatable bonds is 8. The molecule has 6 heteroatoms. The summed E-state index contributed by atoms with van der Waals surface area (Å²) in [7, 11) is 6.17. The average molecular weight is 383 g/mol. The lowest BCUT2D eigenvalue weighted by Crippen LogP contribution is -2.38. The third kappa shape index (κ3) is 5.71. The van der Waals surface area contributed by atoms with Crippen LogP contribution in [0.25, 0.3) is 0 Å². The van der Waals surface area contributed by atoms with E-state index in [1.54, 1.807) is 0 Å². The van der Waals surface area contributed by atoms with Gasteiger partial charge in [0, 0.05) is 32.0 Å². The second-order valence-corrected chi connectivity index (χ2v) is 7.00. The quantitative estimate of drug-likeness (QED) is 0.698. The van der Waals surface area contributed by atoms with Crippen molar-refractivity contribution in [3.63, 3.8) is 0 Å². The number of allylic oxidation sites excluding steroid dienone is 1. The maximum atomic E-state index is 5.84. The molecule has 0 bridgehead atoms. The summed E-state index contributed by atoms with van der Waals surface area (Å²) in [4.78, 5) is 2.17. The topological polar surface area (TPSA) is 31.0 Å². The number of nitrogens with zero attached hydrogens (tertiary/aromatic N) is 3. The van der Waals surface area contributed by atoms with Crippen LogP contribution in [0.3, 0.4) is 0 Å². The Bertz CT molecular complexity index is 547. The van der Waals surface area contributed by atoms with Crippen LogP contribution in [-0.2, 0) is 6.42 Å². The van der Waals surface area contributed by atoms with Crippen molar-refractivity contribution in [2.24, 2.45) is 0 Å². The molecule has 1 aliphatic rings. The molecular formula is C17H27BrN4O. The first-order chi connectivity index (χ1) is 11.0. The van der Waals surface area contributed by atoms with E-state index in [1.165, 1.54) is 11.3 Å². The molecule has 128 valence electrons. The van der Waals surface area contributed by atoms with Gasteiger partial charge in [-0.1, -0.05) is 6.07 Å². The van der Waals surface area contributed by atoms with Crippen molar-refractivity contribution < 1.29 is 4.74 Å². The zero-order chi connectivity index (χ0) is 16.8. The van der Waals surface area contributed by atoms with Crippen molar-refractivity contribution in [2.75, 3.05) is 40.8 Å². The maximum Gasteiger partial charge on any atom is 0.133 e. The number of hydrazine groups is 2. The van der Waals surface area contributed by atoms with E-state index < -0.39 is 0 Å². The molecule has 0 amide bonds. The molecule has 0 unspecified atom stereocenters. The molecule has 0 saturated heterocycles. The maximum absolute atomic E-state index is 5.84. The van der Waals surface area contributed by atoms with E-state index in [0.29, 0.717) is 0 Å². The summed E-state index contributed by atoms with van der Waals surface area (Å²) in [6.45, 7) is 4.80. The van der Waals surface area contributed by atoms with Crippen LogP contribution in [0.5, 0.6) is 5.75 Å². The van der Waals surface area contributed by atoms with Gasteiger partial charge in [-0.2, -0.15) is 0 Å². The second-order valence-electron chi connectivity index (χ2n) is 6.14. The molecule has 23 heavy (non-hydrogen) atoms. The van der Waals surface area contributed by atoms with Crippen LogP contribution in [0.15, 0.2) is 34.6 Å². The van der Waals surface area contributed by atoms with Crippen LogP contribution in [0.1, 0.15) is 18.9 Å². The van der Waals surface area contributed by atoms with E-state index >= 15 is 0 Å². The molecule has 0 aromatic heterocycles. The van der Waals surface area contributed by atoms with Gasteiger partial charge in [0.15, 0.2) is 0 Å². The lowest BCUT2D eigenvalue weighted by molar-refractivity contribution is 0.156. The van der Waals surface area contributed by atoms with E-state index in [-0.39, 0.29) is 0 Å². The molecule has 1 N–H and O–H groups in total. The third-order valence-electron chi connectivity index (χ3n) is 3.80. The molecule has 2 rings (SSSR count). The molecular weight excluding hydrogens is 356 g/mol. The first-order valence-corrected chi connectivity index (χ1v) is 8.76. The highest BCUT2D eigenvalue weighted by atomic mass is 79.9. The van der Waals surface area contributed by atoms with Gasteiger partial charge in [0.05, 0.1) is 11.1 Å². The second kappa shape index (κ2) is 8.57. The molecule has 1 heterocycles. The standard InChI is InChI=1S/C17H27BrN4O/c1-14-13-22(19-21(14)4)10-8-15-6-7-17(16(18)12-15)23-11-5-9-20(2)3/h6-7,12-13,19H,5,8-11H2,1-4H3. The van der Waals surface area contributed by atoms with Crippen molar-refractivity contribution in [1.82, 2.24) is 20.5 Å². The van der Waals surface area contributed by atoms with Gasteiger partial charge in [0.1, 0.15) is 5.75 Å². The Hall–Kier alpha value is -1.24. The van der Waals surface area contributed by atoms with Gasteiger partial charge < -0.3 is 9.64 Å². The molecule has 1 aliphatic heterocycles. The lowest BCUT2D eigenvalue weighted by Gasteiger charge is -2.20. The number of hydrogen-bond donors (Lipinski definition) is 1. The van der Waals surface area contributed by atoms with Gasteiger partial charge in [-0.25, -0.2) is 0 Å². The summed E-state index contributed by atoms with van der Waals surface area (Å²) < 4.78 is 6.86. The number of hydrogen-bond acceptors (Lipinski definition) is 5. The Balaban J connectivity index is 1.80. The third-order valence-corrected chi connectivity index (χ3v) is 4.41. The van der Waals surface area contributed by atoms with Crippen molar-refractivity contribution in [3.8, 4) is 5.75 Å². The van der Waals surface area contributed by atoms with Crippen molar-refractivity contribution >= 4 is 15.9 Å². The summed E-state index contributed by atoms with van der Waals surface area (Å²) in [5.41, 5.74) is 5.78. The van der Waals surface area contributed by atoms with Crippen LogP contribution in [0.2, 0.25) is 0 Å². The van der Waals surface area contributed by atoms with Gasteiger partial charge in [0.25, 0.3) is 0 Å². The summed E-state index contributed by atoms with van der Waals surface area (Å²) in [5.74, 6) is 0.919. The van der Waals surface area contributed by atoms with Crippen LogP contribution >= 0.6 is 15.9 Å². The molecule has 0 atom stereocenters. The Morgan fingerprint density at radius 2 is 2.09 bits per heavy atom. The van der Waals surface area contributed by atoms with E-state index in [4.69, 9.17) is 4.74 Å².